The van der Waals surface area contributed by atoms with E-state index in [9.17, 15) is 4.79 Å². The number of rotatable bonds is 8. The molecule has 4 heteroatoms. The first-order chi connectivity index (χ1) is 13.7. The number of hydrogen-bond donors (Lipinski definition) is 1. The Labute approximate surface area is 173 Å². The Bertz CT molecular complexity index is 784. The molecule has 0 bridgehead atoms. The maximum atomic E-state index is 12.3. The first-order valence-electron chi connectivity index (χ1n) is 10.5. The summed E-state index contributed by atoms with van der Waals surface area (Å²) in [6.45, 7) is 8.42. The number of amides is 1. The molecule has 28 heavy (non-hydrogen) atoms. The molecule has 0 aliphatic carbocycles. The third-order valence-electron chi connectivity index (χ3n) is 5.29. The summed E-state index contributed by atoms with van der Waals surface area (Å²) in [7, 11) is 0. The summed E-state index contributed by atoms with van der Waals surface area (Å²) >= 11 is 1.81. The summed E-state index contributed by atoms with van der Waals surface area (Å²) < 4.78 is 0. The SMILES string of the molecule is CCCCNC(=O)c1ccc(Sc2ccccc2CN2CCCCC2)c(C)c1. The zero-order chi connectivity index (χ0) is 19.8. The molecule has 1 aliphatic rings. The molecule has 3 nitrogen and oxygen atoms in total. The molecule has 0 saturated carbocycles. The third kappa shape index (κ3) is 5.86. The molecule has 0 spiro atoms. The molecule has 3 rings (SSSR count). The summed E-state index contributed by atoms with van der Waals surface area (Å²) in [5, 5.41) is 3.00. The fraction of sp³-hybridized carbons (Fsp3) is 0.458. The van der Waals surface area contributed by atoms with E-state index in [4.69, 9.17) is 0 Å². The molecule has 1 aliphatic heterocycles. The maximum absolute atomic E-state index is 12.3. The second kappa shape index (κ2) is 10.7. The highest BCUT2D eigenvalue weighted by atomic mass is 32.2. The van der Waals surface area contributed by atoms with Crippen molar-refractivity contribution >= 4 is 17.7 Å². The van der Waals surface area contributed by atoms with Crippen molar-refractivity contribution in [3.05, 3.63) is 59.2 Å². The standard InChI is InChI=1S/C24H32N2OS/c1-3-4-14-25-24(27)20-12-13-22(19(2)17-20)28-23-11-7-6-10-21(23)18-26-15-8-5-9-16-26/h6-7,10-13,17H,3-5,8-9,14-16,18H2,1-2H3,(H,25,27). The lowest BCUT2D eigenvalue weighted by Gasteiger charge is -2.27. The Hall–Kier alpha value is -1.78. The number of piperidine rings is 1. The van der Waals surface area contributed by atoms with Crippen molar-refractivity contribution in [3.63, 3.8) is 0 Å². The van der Waals surface area contributed by atoms with Crippen molar-refractivity contribution in [1.82, 2.24) is 10.2 Å². The quantitative estimate of drug-likeness (QED) is 0.584. The van der Waals surface area contributed by atoms with Gasteiger partial charge in [-0.05, 0) is 74.7 Å². The lowest BCUT2D eigenvalue weighted by molar-refractivity contribution is 0.0953. The van der Waals surface area contributed by atoms with Crippen LogP contribution in [0.15, 0.2) is 52.3 Å². The summed E-state index contributed by atoms with van der Waals surface area (Å²) in [6.07, 6.45) is 6.11. The Morgan fingerprint density at radius 3 is 2.61 bits per heavy atom. The molecule has 1 N–H and O–H groups in total. The van der Waals surface area contributed by atoms with Crippen molar-refractivity contribution in [2.24, 2.45) is 0 Å². The van der Waals surface area contributed by atoms with Crippen molar-refractivity contribution in [3.8, 4) is 0 Å². The van der Waals surface area contributed by atoms with Gasteiger partial charge in [-0.3, -0.25) is 9.69 Å². The van der Waals surface area contributed by atoms with Gasteiger partial charge in [-0.1, -0.05) is 49.7 Å². The molecule has 1 amide bonds. The molecule has 2 aromatic carbocycles. The minimum absolute atomic E-state index is 0.0265. The van der Waals surface area contributed by atoms with Gasteiger partial charge in [0.2, 0.25) is 0 Å². The zero-order valence-corrected chi connectivity index (χ0v) is 18.0. The molecule has 0 radical (unpaired) electrons. The average molecular weight is 397 g/mol. The highest BCUT2D eigenvalue weighted by Crippen LogP contribution is 2.34. The van der Waals surface area contributed by atoms with Crippen LogP contribution in [-0.2, 0) is 6.54 Å². The van der Waals surface area contributed by atoms with Gasteiger partial charge in [0.25, 0.3) is 5.91 Å². The maximum Gasteiger partial charge on any atom is 0.251 e. The second-order valence-electron chi connectivity index (χ2n) is 7.64. The Balaban J connectivity index is 1.69. The largest absolute Gasteiger partial charge is 0.352 e. The van der Waals surface area contributed by atoms with Crippen LogP contribution in [0.5, 0.6) is 0 Å². The predicted octanol–water partition coefficient (Wildman–Crippen LogP) is 5.66. The van der Waals surface area contributed by atoms with Gasteiger partial charge in [-0.2, -0.15) is 0 Å². The number of nitrogens with zero attached hydrogens (tertiary/aromatic N) is 1. The third-order valence-corrected chi connectivity index (χ3v) is 6.58. The van der Waals surface area contributed by atoms with E-state index >= 15 is 0 Å². The van der Waals surface area contributed by atoms with E-state index in [-0.39, 0.29) is 5.91 Å². The Kier molecular flexibility index (Phi) is 7.99. The van der Waals surface area contributed by atoms with Crippen molar-refractivity contribution < 1.29 is 4.79 Å². The van der Waals surface area contributed by atoms with Gasteiger partial charge in [0.1, 0.15) is 0 Å². The lowest BCUT2D eigenvalue weighted by Crippen LogP contribution is -2.29. The molecule has 1 fully saturated rings. The Morgan fingerprint density at radius 2 is 1.86 bits per heavy atom. The lowest BCUT2D eigenvalue weighted by atomic mass is 10.1. The van der Waals surface area contributed by atoms with Crippen molar-refractivity contribution in [1.29, 1.82) is 0 Å². The molecule has 0 atom stereocenters. The second-order valence-corrected chi connectivity index (χ2v) is 8.72. The van der Waals surface area contributed by atoms with Gasteiger partial charge >= 0.3 is 0 Å². The molecule has 0 aromatic heterocycles. The van der Waals surface area contributed by atoms with Crippen LogP contribution >= 0.6 is 11.8 Å². The van der Waals surface area contributed by atoms with Crippen LogP contribution in [0.25, 0.3) is 0 Å². The molecule has 150 valence electrons. The summed E-state index contributed by atoms with van der Waals surface area (Å²) in [5.41, 5.74) is 3.30. The van der Waals surface area contributed by atoms with E-state index < -0.39 is 0 Å². The van der Waals surface area contributed by atoms with E-state index in [0.717, 1.165) is 37.1 Å². The van der Waals surface area contributed by atoms with Crippen LogP contribution < -0.4 is 5.32 Å². The van der Waals surface area contributed by atoms with Gasteiger partial charge in [-0.15, -0.1) is 0 Å². The van der Waals surface area contributed by atoms with E-state index in [1.54, 1.807) is 0 Å². The minimum atomic E-state index is 0.0265. The number of aryl methyl sites for hydroxylation is 1. The molecule has 1 heterocycles. The van der Waals surface area contributed by atoms with Gasteiger partial charge < -0.3 is 5.32 Å². The van der Waals surface area contributed by atoms with Crippen molar-refractivity contribution in [2.45, 2.75) is 62.3 Å². The number of nitrogens with one attached hydrogen (secondary N) is 1. The smallest absolute Gasteiger partial charge is 0.251 e. The molecular formula is C24H32N2OS. The first-order valence-corrected chi connectivity index (χ1v) is 11.4. The van der Waals surface area contributed by atoms with E-state index in [1.165, 1.54) is 47.7 Å². The topological polar surface area (TPSA) is 32.3 Å². The minimum Gasteiger partial charge on any atom is -0.352 e. The normalized spacial score (nSPS) is 14.8. The van der Waals surface area contributed by atoms with Crippen LogP contribution in [0, 0.1) is 6.92 Å². The molecular weight excluding hydrogens is 364 g/mol. The Morgan fingerprint density at radius 1 is 1.07 bits per heavy atom. The number of likely N-dealkylation sites (tertiary alicyclic amines) is 1. The van der Waals surface area contributed by atoms with Crippen LogP contribution in [0.2, 0.25) is 0 Å². The van der Waals surface area contributed by atoms with Crippen LogP contribution in [0.3, 0.4) is 0 Å². The fourth-order valence-corrected chi connectivity index (χ4v) is 4.60. The highest BCUT2D eigenvalue weighted by molar-refractivity contribution is 7.99. The number of carbonyl (C=O) groups excluding carboxylic acids is 1. The summed E-state index contributed by atoms with van der Waals surface area (Å²) in [5.74, 6) is 0.0265. The van der Waals surface area contributed by atoms with E-state index in [1.807, 2.05) is 23.9 Å². The molecule has 0 unspecified atom stereocenters. The number of benzene rings is 2. The van der Waals surface area contributed by atoms with Crippen LogP contribution in [0.1, 0.15) is 60.5 Å². The van der Waals surface area contributed by atoms with Gasteiger partial charge in [0.15, 0.2) is 0 Å². The average Bonchev–Trinajstić information content (AvgIpc) is 2.72. The number of hydrogen-bond acceptors (Lipinski definition) is 3. The van der Waals surface area contributed by atoms with E-state index in [2.05, 4.69) is 54.4 Å². The molecule has 1 saturated heterocycles. The van der Waals surface area contributed by atoms with Gasteiger partial charge in [-0.25, -0.2) is 0 Å². The van der Waals surface area contributed by atoms with E-state index in [0.29, 0.717) is 0 Å². The van der Waals surface area contributed by atoms with Gasteiger partial charge in [0.05, 0.1) is 0 Å². The monoisotopic (exact) mass is 396 g/mol. The predicted molar refractivity (Wildman–Crippen MR) is 118 cm³/mol. The van der Waals surface area contributed by atoms with Gasteiger partial charge in [0, 0.05) is 28.4 Å². The summed E-state index contributed by atoms with van der Waals surface area (Å²) in [6, 6.07) is 14.8. The zero-order valence-electron chi connectivity index (χ0n) is 17.2. The van der Waals surface area contributed by atoms with Crippen LogP contribution in [0.4, 0.5) is 0 Å². The van der Waals surface area contributed by atoms with Crippen LogP contribution in [-0.4, -0.2) is 30.4 Å². The first kappa shape index (κ1) is 20.9. The number of carbonyl (C=O) groups is 1. The fourth-order valence-electron chi connectivity index (χ4n) is 3.60. The van der Waals surface area contributed by atoms with Crippen molar-refractivity contribution in [2.75, 3.05) is 19.6 Å². The molecule has 2 aromatic rings. The summed E-state index contributed by atoms with van der Waals surface area (Å²) in [4.78, 5) is 17.4. The number of unbranched alkanes of at least 4 members (excludes halogenated alkanes) is 1. The highest BCUT2D eigenvalue weighted by Gasteiger charge is 2.14.